The van der Waals surface area contributed by atoms with Gasteiger partial charge in [-0.1, -0.05) is 0 Å². The second-order valence-corrected chi connectivity index (χ2v) is 6.84. The molecule has 0 unspecified atom stereocenters. The molecule has 0 saturated carbocycles. The van der Waals surface area contributed by atoms with Crippen LogP contribution in [-0.2, 0) is 0 Å². The Morgan fingerprint density at radius 1 is 1.24 bits per heavy atom. The van der Waals surface area contributed by atoms with E-state index >= 15 is 0 Å². The summed E-state index contributed by atoms with van der Waals surface area (Å²) in [5.74, 6) is 1.18. The van der Waals surface area contributed by atoms with E-state index in [1.165, 1.54) is 12.3 Å². The molecule has 4 aromatic heterocycles. The van der Waals surface area contributed by atoms with Gasteiger partial charge in [0.1, 0.15) is 17.3 Å². The first-order chi connectivity index (χ1) is 14.2. The summed E-state index contributed by atoms with van der Waals surface area (Å²) in [5, 5.41) is 4.35. The lowest BCUT2D eigenvalue weighted by Crippen LogP contribution is -2.24. The molecule has 0 spiro atoms. The van der Waals surface area contributed by atoms with Gasteiger partial charge >= 0.3 is 0 Å². The number of ether oxygens (including phenoxy) is 1. The molecule has 2 N–H and O–H groups in total. The number of pyridine rings is 1. The minimum Gasteiger partial charge on any atom is -0.481 e. The summed E-state index contributed by atoms with van der Waals surface area (Å²) in [4.78, 5) is 15.1. The molecule has 1 aliphatic heterocycles. The molecule has 9 nitrogen and oxygen atoms in total. The zero-order valence-electron chi connectivity index (χ0n) is 15.7. The number of nitrogens with two attached hydrogens (primary N) is 1. The Morgan fingerprint density at radius 2 is 2.14 bits per heavy atom. The number of halogens is 1. The van der Waals surface area contributed by atoms with Crippen LogP contribution in [0.2, 0.25) is 0 Å². The average Bonchev–Trinajstić information content (AvgIpc) is 3.46. The standard InChI is InChI=1S/C19H19FN8O/c1-29-18-13(9-12(20)10-23-18)14-3-2-6-26(14)16-4-7-28-17(25-16)15(11-24-28)27-8-5-22-19(27)21/h4-5,7-11,14H,2-3,6H2,1H3,(H2,21,22)/t14-/m1/s1. The van der Waals surface area contributed by atoms with E-state index in [1.54, 1.807) is 34.8 Å². The molecule has 4 aromatic rings. The molecule has 1 aliphatic rings. The molecule has 1 saturated heterocycles. The van der Waals surface area contributed by atoms with Crippen molar-refractivity contribution in [1.29, 1.82) is 0 Å². The van der Waals surface area contributed by atoms with Gasteiger partial charge in [-0.2, -0.15) is 5.10 Å². The highest BCUT2D eigenvalue weighted by molar-refractivity contribution is 5.63. The molecule has 0 bridgehead atoms. The predicted octanol–water partition coefficient (Wildman–Crippen LogP) is 2.38. The van der Waals surface area contributed by atoms with Crippen LogP contribution >= 0.6 is 0 Å². The maximum absolute atomic E-state index is 13.9. The molecule has 1 fully saturated rings. The second-order valence-electron chi connectivity index (χ2n) is 6.84. The fourth-order valence-electron chi connectivity index (χ4n) is 3.91. The molecule has 0 aliphatic carbocycles. The van der Waals surface area contributed by atoms with Crippen LogP contribution in [0.15, 0.2) is 43.1 Å². The summed E-state index contributed by atoms with van der Waals surface area (Å²) in [7, 11) is 1.54. The molecular weight excluding hydrogens is 375 g/mol. The third-order valence-electron chi connectivity index (χ3n) is 5.21. The van der Waals surface area contributed by atoms with Crippen molar-refractivity contribution in [1.82, 2.24) is 29.1 Å². The molecular formula is C19H19FN8O. The van der Waals surface area contributed by atoms with E-state index in [2.05, 4.69) is 20.0 Å². The minimum atomic E-state index is -0.385. The molecule has 0 amide bonds. The number of methoxy groups -OCH3 is 1. The summed E-state index contributed by atoms with van der Waals surface area (Å²) in [6.07, 6.45) is 9.92. The molecule has 0 radical (unpaired) electrons. The van der Waals surface area contributed by atoms with E-state index in [0.29, 0.717) is 17.5 Å². The number of hydrogen-bond donors (Lipinski definition) is 1. The number of hydrogen-bond acceptors (Lipinski definition) is 7. The van der Waals surface area contributed by atoms with Crippen molar-refractivity contribution in [3.63, 3.8) is 0 Å². The van der Waals surface area contributed by atoms with Crippen molar-refractivity contribution in [3.05, 3.63) is 54.5 Å². The van der Waals surface area contributed by atoms with E-state index < -0.39 is 0 Å². The summed E-state index contributed by atoms with van der Waals surface area (Å²) in [6, 6.07) is 3.32. The fourth-order valence-corrected chi connectivity index (χ4v) is 3.91. The molecule has 10 heteroatoms. The lowest BCUT2D eigenvalue weighted by atomic mass is 10.1. The predicted molar refractivity (Wildman–Crippen MR) is 105 cm³/mol. The van der Waals surface area contributed by atoms with Crippen molar-refractivity contribution in [3.8, 4) is 11.6 Å². The van der Waals surface area contributed by atoms with Gasteiger partial charge in [-0.05, 0) is 25.0 Å². The number of aromatic nitrogens is 6. The highest BCUT2D eigenvalue weighted by atomic mass is 19.1. The lowest BCUT2D eigenvalue weighted by Gasteiger charge is -2.27. The normalized spacial score (nSPS) is 16.6. The molecule has 0 aromatic carbocycles. The number of rotatable bonds is 4. The third kappa shape index (κ3) is 2.84. The Balaban J connectivity index is 1.58. The first-order valence-corrected chi connectivity index (χ1v) is 9.25. The van der Waals surface area contributed by atoms with Gasteiger partial charge in [0.15, 0.2) is 5.65 Å². The highest BCUT2D eigenvalue weighted by Gasteiger charge is 2.31. The first kappa shape index (κ1) is 17.4. The van der Waals surface area contributed by atoms with Crippen molar-refractivity contribution >= 4 is 17.4 Å². The Kier molecular flexibility index (Phi) is 4.04. The van der Waals surface area contributed by atoms with Crippen molar-refractivity contribution in [2.24, 2.45) is 0 Å². The van der Waals surface area contributed by atoms with Gasteiger partial charge in [-0.15, -0.1) is 0 Å². The third-order valence-corrected chi connectivity index (χ3v) is 5.21. The van der Waals surface area contributed by atoms with Crippen molar-refractivity contribution in [2.75, 3.05) is 24.3 Å². The Morgan fingerprint density at radius 3 is 2.93 bits per heavy atom. The molecule has 5 heterocycles. The molecule has 5 rings (SSSR count). The molecule has 1 atom stereocenters. The van der Waals surface area contributed by atoms with Crippen LogP contribution in [0.3, 0.4) is 0 Å². The zero-order chi connectivity index (χ0) is 20.0. The molecule has 148 valence electrons. The van der Waals surface area contributed by atoms with Crippen LogP contribution in [0.5, 0.6) is 5.88 Å². The topological polar surface area (TPSA) is 99.4 Å². The number of fused-ring (bicyclic) bond motifs is 1. The Bertz CT molecular complexity index is 1190. The maximum atomic E-state index is 13.9. The fraction of sp³-hybridized carbons (Fsp3) is 0.263. The average molecular weight is 394 g/mol. The van der Waals surface area contributed by atoms with Crippen LogP contribution in [0.25, 0.3) is 11.3 Å². The summed E-state index contributed by atoms with van der Waals surface area (Å²) in [5.41, 5.74) is 8.06. The van der Waals surface area contributed by atoms with Gasteiger partial charge in [0.2, 0.25) is 11.8 Å². The quantitative estimate of drug-likeness (QED) is 0.567. The SMILES string of the molecule is COc1ncc(F)cc1[C@H]1CCCN1c1ccn2ncc(-n3ccnc3N)c2n1. The van der Waals surface area contributed by atoms with Gasteiger partial charge in [0.25, 0.3) is 0 Å². The zero-order valence-corrected chi connectivity index (χ0v) is 15.7. The monoisotopic (exact) mass is 394 g/mol. The Hall–Kier alpha value is -3.69. The summed E-state index contributed by atoms with van der Waals surface area (Å²) >= 11 is 0. The van der Waals surface area contributed by atoms with Crippen LogP contribution in [-0.4, -0.2) is 42.8 Å². The van der Waals surface area contributed by atoms with Crippen LogP contribution in [0, 0.1) is 5.82 Å². The molecule has 29 heavy (non-hydrogen) atoms. The van der Waals surface area contributed by atoms with E-state index in [1.807, 2.05) is 12.3 Å². The van der Waals surface area contributed by atoms with Crippen LogP contribution in [0.1, 0.15) is 24.4 Å². The van der Waals surface area contributed by atoms with E-state index in [4.69, 9.17) is 15.5 Å². The van der Waals surface area contributed by atoms with E-state index in [-0.39, 0.29) is 11.9 Å². The van der Waals surface area contributed by atoms with Crippen molar-refractivity contribution in [2.45, 2.75) is 18.9 Å². The number of anilines is 2. The lowest BCUT2D eigenvalue weighted by molar-refractivity contribution is 0.385. The van der Waals surface area contributed by atoms with Crippen LogP contribution < -0.4 is 15.4 Å². The highest BCUT2D eigenvalue weighted by Crippen LogP contribution is 2.39. The summed E-state index contributed by atoms with van der Waals surface area (Å²) < 4.78 is 22.7. The van der Waals surface area contributed by atoms with Crippen LogP contribution in [0.4, 0.5) is 16.2 Å². The summed E-state index contributed by atoms with van der Waals surface area (Å²) in [6.45, 7) is 0.796. The van der Waals surface area contributed by atoms with E-state index in [0.717, 1.165) is 36.5 Å². The second kappa shape index (κ2) is 6.73. The minimum absolute atomic E-state index is 0.0761. The van der Waals surface area contributed by atoms with Gasteiger partial charge < -0.3 is 15.4 Å². The smallest absolute Gasteiger partial charge is 0.218 e. The van der Waals surface area contributed by atoms with Gasteiger partial charge in [0, 0.05) is 30.7 Å². The van der Waals surface area contributed by atoms with Gasteiger partial charge in [-0.3, -0.25) is 4.57 Å². The van der Waals surface area contributed by atoms with Crippen molar-refractivity contribution < 1.29 is 9.13 Å². The van der Waals surface area contributed by atoms with Gasteiger partial charge in [-0.25, -0.2) is 23.9 Å². The number of imidazole rings is 1. The number of nitrogens with zero attached hydrogens (tertiary/aromatic N) is 7. The van der Waals surface area contributed by atoms with Gasteiger partial charge in [0.05, 0.1) is 25.5 Å². The largest absolute Gasteiger partial charge is 0.481 e. The number of nitrogen functional groups attached to an aromatic ring is 1. The first-order valence-electron chi connectivity index (χ1n) is 9.25. The maximum Gasteiger partial charge on any atom is 0.218 e. The van der Waals surface area contributed by atoms with E-state index in [9.17, 15) is 4.39 Å². The Labute approximate surface area is 165 Å².